The topological polar surface area (TPSA) is 99.1 Å². The average molecular weight is 526 g/mol. The maximum Gasteiger partial charge on any atom is 0.410 e. The van der Waals surface area contributed by atoms with E-state index >= 15 is 0 Å². The highest BCUT2D eigenvalue weighted by molar-refractivity contribution is 5.94. The Morgan fingerprint density at radius 3 is 2.38 bits per heavy atom. The van der Waals surface area contributed by atoms with Crippen LogP contribution in [0.5, 0.6) is 5.75 Å². The Balaban J connectivity index is 1.94. The van der Waals surface area contributed by atoms with Crippen molar-refractivity contribution < 1.29 is 37.0 Å². The second kappa shape index (κ2) is 10.8. The lowest BCUT2D eigenvalue weighted by Gasteiger charge is -2.32. The minimum absolute atomic E-state index is 0.114. The average Bonchev–Trinajstić information content (AvgIpc) is 3.26. The minimum atomic E-state index is -1.17. The highest BCUT2D eigenvalue weighted by Gasteiger charge is 2.38. The molecule has 3 rings (SSSR count). The molecule has 0 radical (unpaired) electrons. The zero-order valence-corrected chi connectivity index (χ0v) is 21.5. The number of likely N-dealkylation sites (N-methyl/N-ethyl adjacent to an activating group) is 1. The van der Waals surface area contributed by atoms with E-state index in [-0.39, 0.29) is 24.5 Å². The summed E-state index contributed by atoms with van der Waals surface area (Å²) in [5.74, 6) is -4.48. The van der Waals surface area contributed by atoms with Crippen LogP contribution in [-0.2, 0) is 16.0 Å². The first-order valence-corrected chi connectivity index (χ1v) is 11.5. The molecule has 0 spiro atoms. The molecule has 1 aromatic heterocycles. The zero-order chi connectivity index (χ0) is 27.7. The number of nitrogens with one attached hydrogen (secondary N) is 1. The molecule has 1 saturated heterocycles. The van der Waals surface area contributed by atoms with Gasteiger partial charge in [0.2, 0.25) is 5.43 Å². The van der Waals surface area contributed by atoms with Gasteiger partial charge in [-0.3, -0.25) is 9.59 Å². The van der Waals surface area contributed by atoms with Gasteiger partial charge in [0.05, 0.1) is 38.1 Å². The molecule has 37 heavy (non-hydrogen) atoms. The fourth-order valence-electron chi connectivity index (χ4n) is 4.09. The third kappa shape index (κ3) is 6.07. The SMILES string of the molecule is COc1c(C)n([C@@H]2COC[C@H]2N(C)C(=O)OC(C)(C)C)cc(C(=O)NCc2c(F)cc(F)cc2F)c1=O. The standard InChI is InChI=1S/C25H30F3N3O6/c1-13-22(35-6)21(32)16(23(33)29-9-15-17(27)7-14(26)8-18(15)28)10-31(13)20-12-36-11-19(20)30(5)24(34)37-25(2,3)4/h7-8,10,19-20H,9,11-12H2,1-6H3,(H,29,33)/t19-,20-/m1/s1. The van der Waals surface area contributed by atoms with Gasteiger partial charge in [-0.15, -0.1) is 0 Å². The van der Waals surface area contributed by atoms with Crippen molar-refractivity contribution in [3.63, 3.8) is 0 Å². The Labute approximate surface area is 212 Å². The van der Waals surface area contributed by atoms with E-state index < -0.39 is 64.7 Å². The predicted octanol–water partition coefficient (Wildman–Crippen LogP) is 3.32. The fraction of sp³-hybridized carbons (Fsp3) is 0.480. The van der Waals surface area contributed by atoms with Gasteiger partial charge >= 0.3 is 6.09 Å². The number of methoxy groups -OCH3 is 1. The van der Waals surface area contributed by atoms with Crippen LogP contribution in [0.4, 0.5) is 18.0 Å². The molecule has 1 fully saturated rings. The number of carbonyl (C=O) groups excluding carboxylic acids is 2. The van der Waals surface area contributed by atoms with E-state index in [1.807, 2.05) is 0 Å². The third-order valence-corrected chi connectivity index (χ3v) is 5.97. The van der Waals surface area contributed by atoms with Crippen molar-refractivity contribution in [2.75, 3.05) is 27.4 Å². The summed E-state index contributed by atoms with van der Waals surface area (Å²) in [4.78, 5) is 40.0. The van der Waals surface area contributed by atoms with Crippen molar-refractivity contribution >= 4 is 12.0 Å². The van der Waals surface area contributed by atoms with Crippen molar-refractivity contribution in [2.45, 2.75) is 51.9 Å². The highest BCUT2D eigenvalue weighted by Crippen LogP contribution is 2.29. The first-order valence-electron chi connectivity index (χ1n) is 11.5. The van der Waals surface area contributed by atoms with E-state index in [9.17, 15) is 27.6 Å². The van der Waals surface area contributed by atoms with Gasteiger partial charge in [0.25, 0.3) is 5.91 Å². The molecule has 2 amide bonds. The lowest BCUT2D eigenvalue weighted by molar-refractivity contribution is 0.0186. The van der Waals surface area contributed by atoms with Crippen LogP contribution < -0.4 is 15.5 Å². The summed E-state index contributed by atoms with van der Waals surface area (Å²) in [5.41, 5.74) is -1.97. The molecule has 1 aliphatic rings. The van der Waals surface area contributed by atoms with Crippen molar-refractivity contribution in [3.8, 4) is 5.75 Å². The highest BCUT2D eigenvalue weighted by atomic mass is 19.1. The Bertz CT molecular complexity index is 1230. The summed E-state index contributed by atoms with van der Waals surface area (Å²) in [5, 5.41) is 2.30. The lowest BCUT2D eigenvalue weighted by atomic mass is 10.1. The molecule has 202 valence electrons. The van der Waals surface area contributed by atoms with Crippen LogP contribution in [0.15, 0.2) is 23.1 Å². The van der Waals surface area contributed by atoms with Crippen molar-refractivity contribution in [3.05, 3.63) is 62.8 Å². The molecule has 12 heteroatoms. The van der Waals surface area contributed by atoms with Gasteiger partial charge in [0.15, 0.2) is 5.75 Å². The Hall–Kier alpha value is -3.54. The largest absolute Gasteiger partial charge is 0.491 e. The molecule has 1 aliphatic heterocycles. The summed E-state index contributed by atoms with van der Waals surface area (Å²) < 4.78 is 59.1. The smallest absolute Gasteiger partial charge is 0.410 e. The van der Waals surface area contributed by atoms with Gasteiger partial charge in [0, 0.05) is 37.5 Å². The normalized spacial score (nSPS) is 17.4. The van der Waals surface area contributed by atoms with Crippen LogP contribution in [0.3, 0.4) is 0 Å². The maximum absolute atomic E-state index is 14.0. The number of hydrogen-bond donors (Lipinski definition) is 1. The molecule has 2 atom stereocenters. The zero-order valence-electron chi connectivity index (χ0n) is 21.5. The lowest BCUT2D eigenvalue weighted by Crippen LogP contribution is -2.45. The quantitative estimate of drug-likeness (QED) is 0.622. The number of aromatic nitrogens is 1. The van der Waals surface area contributed by atoms with Gasteiger partial charge in [-0.1, -0.05) is 0 Å². The number of pyridine rings is 1. The van der Waals surface area contributed by atoms with E-state index in [2.05, 4.69) is 5.32 Å². The van der Waals surface area contributed by atoms with Crippen LogP contribution >= 0.6 is 0 Å². The summed E-state index contributed by atoms with van der Waals surface area (Å²) >= 11 is 0. The van der Waals surface area contributed by atoms with E-state index in [0.29, 0.717) is 17.8 Å². The second-order valence-corrected chi connectivity index (χ2v) is 9.69. The monoisotopic (exact) mass is 525 g/mol. The molecule has 1 aromatic carbocycles. The summed E-state index contributed by atoms with van der Waals surface area (Å²) in [6, 6.07) is -0.0218. The maximum atomic E-state index is 14.0. The Kier molecular flexibility index (Phi) is 8.21. The van der Waals surface area contributed by atoms with Gasteiger partial charge in [-0.25, -0.2) is 18.0 Å². The van der Waals surface area contributed by atoms with E-state index in [1.54, 1.807) is 39.3 Å². The van der Waals surface area contributed by atoms with Crippen molar-refractivity contribution in [1.82, 2.24) is 14.8 Å². The number of rotatable bonds is 6. The molecular formula is C25H30F3N3O6. The first-order chi connectivity index (χ1) is 17.2. The van der Waals surface area contributed by atoms with Gasteiger partial charge in [-0.2, -0.15) is 0 Å². The summed E-state index contributed by atoms with van der Waals surface area (Å²) in [6.07, 6.45) is 0.724. The predicted molar refractivity (Wildman–Crippen MR) is 127 cm³/mol. The molecule has 0 bridgehead atoms. The molecule has 0 saturated carbocycles. The van der Waals surface area contributed by atoms with Crippen LogP contribution in [-0.4, -0.2) is 60.5 Å². The van der Waals surface area contributed by atoms with Gasteiger partial charge in [-0.05, 0) is 27.7 Å². The first kappa shape index (κ1) is 28.0. The number of carbonyl (C=O) groups is 2. The van der Waals surface area contributed by atoms with Gasteiger partial charge < -0.3 is 29.0 Å². The third-order valence-electron chi connectivity index (χ3n) is 5.97. The number of ether oxygens (including phenoxy) is 3. The van der Waals surface area contributed by atoms with Crippen LogP contribution in [0.25, 0.3) is 0 Å². The molecule has 1 N–H and O–H groups in total. The Morgan fingerprint density at radius 1 is 1.19 bits per heavy atom. The van der Waals surface area contributed by atoms with Crippen molar-refractivity contribution in [2.24, 2.45) is 0 Å². The van der Waals surface area contributed by atoms with E-state index in [4.69, 9.17) is 14.2 Å². The van der Waals surface area contributed by atoms with Gasteiger partial charge in [0.1, 0.15) is 28.6 Å². The number of nitrogens with zero attached hydrogens (tertiary/aromatic N) is 2. The number of hydrogen-bond acceptors (Lipinski definition) is 6. The van der Waals surface area contributed by atoms with Crippen LogP contribution in [0.2, 0.25) is 0 Å². The van der Waals surface area contributed by atoms with E-state index in [0.717, 1.165) is 0 Å². The summed E-state index contributed by atoms with van der Waals surface area (Å²) in [6.45, 7) is 6.57. The Morgan fingerprint density at radius 2 is 1.81 bits per heavy atom. The van der Waals surface area contributed by atoms with Crippen LogP contribution in [0.1, 0.15) is 48.4 Å². The number of benzene rings is 1. The van der Waals surface area contributed by atoms with Crippen LogP contribution in [0, 0.1) is 24.4 Å². The number of halogens is 3. The second-order valence-electron chi connectivity index (χ2n) is 9.69. The molecule has 2 heterocycles. The molecule has 2 aromatic rings. The van der Waals surface area contributed by atoms with Crippen molar-refractivity contribution in [1.29, 1.82) is 0 Å². The molecule has 0 aliphatic carbocycles. The summed E-state index contributed by atoms with van der Waals surface area (Å²) in [7, 11) is 2.84. The molecule has 0 unspecified atom stereocenters. The number of amides is 2. The molecule has 9 nitrogen and oxygen atoms in total. The molecular weight excluding hydrogens is 495 g/mol. The minimum Gasteiger partial charge on any atom is -0.491 e. The fourth-order valence-corrected chi connectivity index (χ4v) is 4.09. The van der Waals surface area contributed by atoms with E-state index in [1.165, 1.54) is 18.2 Å².